The van der Waals surface area contributed by atoms with Gasteiger partial charge in [-0.25, -0.2) is 0 Å². The maximum atomic E-state index is 13.9. The van der Waals surface area contributed by atoms with Crippen LogP contribution in [0.25, 0.3) is 6.08 Å². The largest absolute Gasteiger partial charge is 0.311 e. The summed E-state index contributed by atoms with van der Waals surface area (Å²) in [4.78, 5) is 43.0. The molecule has 0 aromatic heterocycles. The number of carbonyl (C=O) groups is 3. The van der Waals surface area contributed by atoms with Gasteiger partial charge in [-0.2, -0.15) is 0 Å². The number of nitrogens with zero attached hydrogens (tertiary/aromatic N) is 2. The Bertz CT molecular complexity index is 903. The number of amides is 3. The van der Waals surface area contributed by atoms with E-state index in [1.165, 1.54) is 11.9 Å². The summed E-state index contributed by atoms with van der Waals surface area (Å²) in [5, 5.41) is 0. The van der Waals surface area contributed by atoms with Gasteiger partial charge in [-0.1, -0.05) is 45.0 Å². The second-order valence-electron chi connectivity index (χ2n) is 8.86. The molecule has 5 nitrogen and oxygen atoms in total. The van der Waals surface area contributed by atoms with E-state index < -0.39 is 16.2 Å². The van der Waals surface area contributed by atoms with Gasteiger partial charge in [-0.05, 0) is 37.0 Å². The van der Waals surface area contributed by atoms with Gasteiger partial charge in [-0.3, -0.25) is 19.3 Å². The van der Waals surface area contributed by atoms with Crippen LogP contribution in [0.15, 0.2) is 30.5 Å². The number of fused-ring (bicyclic) bond motifs is 3. The molecular formula is C22H26N2O3. The highest BCUT2D eigenvalue weighted by molar-refractivity contribution is 6.16. The number of carbonyl (C=O) groups excluding carboxylic acids is 3. The Kier molecular flexibility index (Phi) is 3.53. The van der Waals surface area contributed by atoms with Crippen LogP contribution in [-0.2, 0) is 14.4 Å². The van der Waals surface area contributed by atoms with E-state index in [-0.39, 0.29) is 23.8 Å². The van der Waals surface area contributed by atoms with Crippen LogP contribution in [0.2, 0.25) is 0 Å². The Balaban J connectivity index is 1.82. The van der Waals surface area contributed by atoms with Crippen LogP contribution >= 0.6 is 0 Å². The summed E-state index contributed by atoms with van der Waals surface area (Å²) in [6, 6.07) is 7.82. The first kappa shape index (κ1) is 18.0. The van der Waals surface area contributed by atoms with Gasteiger partial charge in [0.1, 0.15) is 5.41 Å². The van der Waals surface area contributed by atoms with Crippen LogP contribution in [0.1, 0.15) is 57.7 Å². The van der Waals surface area contributed by atoms with E-state index in [4.69, 9.17) is 0 Å². The number of piperidine rings is 1. The van der Waals surface area contributed by atoms with E-state index in [1.807, 2.05) is 58.0 Å². The van der Waals surface area contributed by atoms with Gasteiger partial charge in [0.05, 0.1) is 11.5 Å². The summed E-state index contributed by atoms with van der Waals surface area (Å²) in [5.41, 5.74) is -0.524. The zero-order chi connectivity index (χ0) is 19.8. The fourth-order valence-corrected chi connectivity index (χ4v) is 5.44. The van der Waals surface area contributed by atoms with Gasteiger partial charge in [0.25, 0.3) is 0 Å². The lowest BCUT2D eigenvalue weighted by Crippen LogP contribution is -2.67. The number of imide groups is 1. The number of likely N-dealkylation sites (tertiary alicyclic amines) is 1. The van der Waals surface area contributed by atoms with Crippen LogP contribution < -0.4 is 0 Å². The molecule has 1 saturated carbocycles. The maximum Gasteiger partial charge on any atom is 0.245 e. The Morgan fingerprint density at radius 1 is 1.07 bits per heavy atom. The first-order chi connectivity index (χ1) is 12.6. The number of hydrogen-bond donors (Lipinski definition) is 0. The van der Waals surface area contributed by atoms with Crippen molar-refractivity contribution in [3.05, 3.63) is 41.6 Å². The molecule has 0 unspecified atom stereocenters. The third-order valence-electron chi connectivity index (χ3n) is 7.77. The summed E-state index contributed by atoms with van der Waals surface area (Å²) in [6.45, 7) is 7.71. The predicted octanol–water partition coefficient (Wildman–Crippen LogP) is 3.37. The third-order valence-corrected chi connectivity index (χ3v) is 7.77. The molecule has 1 aliphatic carbocycles. The minimum Gasteiger partial charge on any atom is -0.311 e. The van der Waals surface area contributed by atoms with Crippen molar-refractivity contribution < 1.29 is 14.4 Å². The molecule has 142 valence electrons. The van der Waals surface area contributed by atoms with E-state index in [9.17, 15) is 14.4 Å². The highest BCUT2D eigenvalue weighted by Crippen LogP contribution is 2.67. The number of rotatable bonds is 1. The monoisotopic (exact) mass is 366 g/mol. The molecule has 2 heterocycles. The van der Waals surface area contributed by atoms with Crippen molar-refractivity contribution in [2.45, 2.75) is 46.6 Å². The molecule has 0 spiro atoms. The molecule has 27 heavy (non-hydrogen) atoms. The summed E-state index contributed by atoms with van der Waals surface area (Å²) >= 11 is 0. The van der Waals surface area contributed by atoms with Crippen molar-refractivity contribution in [2.75, 3.05) is 7.05 Å². The molecular weight excluding hydrogens is 340 g/mol. The molecule has 3 atom stereocenters. The quantitative estimate of drug-likeness (QED) is 0.566. The Morgan fingerprint density at radius 2 is 1.74 bits per heavy atom. The second kappa shape index (κ2) is 5.31. The summed E-state index contributed by atoms with van der Waals surface area (Å²) < 4.78 is 0. The van der Waals surface area contributed by atoms with Crippen molar-refractivity contribution >= 4 is 23.8 Å². The molecule has 4 rings (SSSR count). The first-order valence-electron chi connectivity index (χ1n) is 9.52. The van der Waals surface area contributed by atoms with E-state index in [1.54, 1.807) is 11.1 Å². The van der Waals surface area contributed by atoms with E-state index in [0.29, 0.717) is 12.8 Å². The minimum atomic E-state index is -1.21. The minimum absolute atomic E-state index is 0.161. The highest BCUT2D eigenvalue weighted by atomic mass is 16.2. The predicted molar refractivity (Wildman–Crippen MR) is 102 cm³/mol. The Morgan fingerprint density at radius 3 is 2.44 bits per heavy atom. The molecule has 1 aromatic carbocycles. The Hall–Kier alpha value is -2.43. The molecule has 0 radical (unpaired) electrons. The molecule has 3 amide bonds. The molecule has 2 bridgehead atoms. The molecule has 1 aromatic rings. The van der Waals surface area contributed by atoms with Crippen LogP contribution in [0.5, 0.6) is 0 Å². The topological polar surface area (TPSA) is 57.7 Å². The van der Waals surface area contributed by atoms with Crippen molar-refractivity contribution in [1.29, 1.82) is 0 Å². The summed E-state index contributed by atoms with van der Waals surface area (Å²) in [7, 11) is 1.51. The van der Waals surface area contributed by atoms with Crippen LogP contribution in [-0.4, -0.2) is 34.6 Å². The smallest absolute Gasteiger partial charge is 0.245 e. The molecule has 2 aliphatic heterocycles. The number of hydrogen-bond acceptors (Lipinski definition) is 3. The van der Waals surface area contributed by atoms with Crippen LogP contribution in [0.3, 0.4) is 0 Å². The fraction of sp³-hybridized carbons (Fsp3) is 0.500. The van der Waals surface area contributed by atoms with Crippen LogP contribution in [0, 0.1) is 16.2 Å². The van der Waals surface area contributed by atoms with Gasteiger partial charge in [0, 0.05) is 18.7 Å². The summed E-state index contributed by atoms with van der Waals surface area (Å²) in [6.07, 6.45) is 4.67. The highest BCUT2D eigenvalue weighted by Gasteiger charge is 2.75. The van der Waals surface area contributed by atoms with E-state index >= 15 is 0 Å². The Labute approximate surface area is 160 Å². The molecule has 0 N–H and O–H groups in total. The van der Waals surface area contributed by atoms with Crippen molar-refractivity contribution in [3.63, 3.8) is 0 Å². The zero-order valence-electron chi connectivity index (χ0n) is 16.6. The van der Waals surface area contributed by atoms with E-state index in [2.05, 4.69) is 0 Å². The normalized spacial score (nSPS) is 34.0. The molecule has 5 heteroatoms. The van der Waals surface area contributed by atoms with Gasteiger partial charge in [0.2, 0.25) is 17.7 Å². The van der Waals surface area contributed by atoms with Crippen molar-refractivity contribution in [1.82, 2.24) is 9.80 Å². The molecule has 1 saturated heterocycles. The van der Waals surface area contributed by atoms with Gasteiger partial charge in [-0.15, -0.1) is 0 Å². The standard InChI is InChI=1S/C22H26N2O3/c1-14-16-9-7-6-8-15(16)10-13-24(14)19(27)22-12-11-21(4,20(22,2)3)17(25)23(5)18(22)26/h6-10,13-14H,11-12H2,1-5H3/t14-,21-,22+/m0/s1. The zero-order valence-corrected chi connectivity index (χ0v) is 16.6. The molecule has 2 fully saturated rings. The lowest BCUT2D eigenvalue weighted by molar-refractivity contribution is -0.182. The SMILES string of the molecule is C[C@H]1c2ccccc2C=CN1C(=O)[C@@]12CC[C@@](C)(C(=O)N(C)C1=O)C2(C)C. The summed E-state index contributed by atoms with van der Waals surface area (Å²) in [5.74, 6) is -0.734. The lowest BCUT2D eigenvalue weighted by atomic mass is 9.55. The second-order valence-corrected chi connectivity index (χ2v) is 8.86. The van der Waals surface area contributed by atoms with E-state index in [0.717, 1.165) is 11.1 Å². The van der Waals surface area contributed by atoms with Crippen LogP contribution in [0.4, 0.5) is 0 Å². The third kappa shape index (κ3) is 1.87. The number of benzene rings is 1. The first-order valence-corrected chi connectivity index (χ1v) is 9.52. The maximum absolute atomic E-state index is 13.9. The van der Waals surface area contributed by atoms with Crippen molar-refractivity contribution in [3.8, 4) is 0 Å². The van der Waals surface area contributed by atoms with Gasteiger partial charge < -0.3 is 4.90 Å². The lowest BCUT2D eigenvalue weighted by Gasteiger charge is -2.53. The van der Waals surface area contributed by atoms with Gasteiger partial charge >= 0.3 is 0 Å². The average Bonchev–Trinajstić information content (AvgIpc) is 2.83. The van der Waals surface area contributed by atoms with Crippen molar-refractivity contribution in [2.24, 2.45) is 16.2 Å². The molecule has 3 aliphatic rings. The van der Waals surface area contributed by atoms with Gasteiger partial charge in [0.15, 0.2) is 0 Å². The average molecular weight is 366 g/mol. The fourth-order valence-electron chi connectivity index (χ4n) is 5.44.